The number of aryl methyl sites for hydroxylation is 2. The first-order valence-corrected chi connectivity index (χ1v) is 8.23. The first kappa shape index (κ1) is 20.1. The third kappa shape index (κ3) is 4.71. The fraction of sp³-hybridized carbons (Fsp3) is 0.412. The van der Waals surface area contributed by atoms with E-state index in [1.165, 1.54) is 0 Å². The van der Waals surface area contributed by atoms with Gasteiger partial charge in [0.25, 0.3) is 0 Å². The second-order valence-electron chi connectivity index (χ2n) is 6.05. The van der Waals surface area contributed by atoms with Crippen LogP contribution in [0.3, 0.4) is 0 Å². The summed E-state index contributed by atoms with van der Waals surface area (Å²) in [6, 6.07) is 4.02. The first-order valence-electron chi connectivity index (χ1n) is 8.23. The van der Waals surface area contributed by atoms with Crippen LogP contribution in [0.4, 0.5) is 5.69 Å². The lowest BCUT2D eigenvalue weighted by molar-refractivity contribution is -0.120. The topological polar surface area (TPSA) is 78.7 Å². The summed E-state index contributed by atoms with van der Waals surface area (Å²) in [5.41, 5.74) is 2.90. The second kappa shape index (κ2) is 8.97. The zero-order valence-electron chi connectivity index (χ0n) is 15.2. The average Bonchev–Trinajstić information content (AvgIpc) is 3.03. The highest BCUT2D eigenvalue weighted by Gasteiger charge is 2.27. The maximum absolute atomic E-state index is 12.5. The van der Waals surface area contributed by atoms with Gasteiger partial charge in [0.05, 0.1) is 11.9 Å². The van der Waals surface area contributed by atoms with Gasteiger partial charge in [-0.15, -0.1) is 24.0 Å². The van der Waals surface area contributed by atoms with E-state index in [0.29, 0.717) is 26.2 Å². The number of pyridine rings is 1. The molecule has 1 N–H and O–H groups in total. The molecule has 1 saturated heterocycles. The van der Waals surface area contributed by atoms with E-state index in [1.54, 1.807) is 22.8 Å². The molecule has 1 fully saturated rings. The van der Waals surface area contributed by atoms with Gasteiger partial charge in [-0.1, -0.05) is 6.07 Å². The van der Waals surface area contributed by atoms with Crippen molar-refractivity contribution in [3.05, 3.63) is 42.0 Å². The summed E-state index contributed by atoms with van der Waals surface area (Å²) in [5.74, 6) is 0.763. The third-order valence-corrected chi connectivity index (χ3v) is 4.16. The Morgan fingerprint density at radius 1 is 1.31 bits per heavy atom. The Morgan fingerprint density at radius 3 is 2.69 bits per heavy atom. The fourth-order valence-corrected chi connectivity index (χ4v) is 2.79. The number of carbonyl (C=O) groups is 1. The molecule has 0 spiro atoms. The van der Waals surface area contributed by atoms with Crippen LogP contribution in [0.15, 0.2) is 35.7 Å². The highest BCUT2D eigenvalue weighted by atomic mass is 127. The summed E-state index contributed by atoms with van der Waals surface area (Å²) in [6.07, 6.45) is 5.41. The summed E-state index contributed by atoms with van der Waals surface area (Å²) in [5, 5.41) is 7.44. The number of aromatic nitrogens is 3. The van der Waals surface area contributed by atoms with Gasteiger partial charge in [0.15, 0.2) is 5.96 Å². The van der Waals surface area contributed by atoms with Crippen LogP contribution in [0, 0.1) is 6.92 Å². The molecule has 2 aromatic heterocycles. The number of anilines is 1. The smallest absolute Gasteiger partial charge is 0.246 e. The van der Waals surface area contributed by atoms with E-state index >= 15 is 0 Å². The number of aliphatic imine (C=N–C) groups is 1. The molecule has 26 heavy (non-hydrogen) atoms. The van der Waals surface area contributed by atoms with Crippen LogP contribution in [-0.4, -0.2) is 58.2 Å². The van der Waals surface area contributed by atoms with E-state index in [1.807, 2.05) is 43.4 Å². The molecule has 0 bridgehead atoms. The number of guanidine groups is 1. The van der Waals surface area contributed by atoms with Gasteiger partial charge >= 0.3 is 0 Å². The molecule has 3 heterocycles. The maximum atomic E-state index is 12.5. The zero-order chi connectivity index (χ0) is 17.8. The van der Waals surface area contributed by atoms with Crippen molar-refractivity contribution in [2.24, 2.45) is 12.0 Å². The number of carbonyl (C=O) groups excluding carboxylic acids is 1. The largest absolute Gasteiger partial charge is 0.352 e. The SMILES string of the molecule is CN=C(NCc1ccc(C)nc1)N1CCN(c2cnn(C)c2)C(=O)C1.I. The van der Waals surface area contributed by atoms with Crippen molar-refractivity contribution in [2.75, 3.05) is 31.6 Å². The van der Waals surface area contributed by atoms with Crippen molar-refractivity contribution >= 4 is 41.5 Å². The molecule has 1 aliphatic heterocycles. The number of hydrogen-bond donors (Lipinski definition) is 1. The zero-order valence-corrected chi connectivity index (χ0v) is 17.5. The Labute approximate surface area is 170 Å². The molecule has 0 saturated carbocycles. The normalized spacial score (nSPS) is 15.0. The molecular weight excluding hydrogens is 445 g/mol. The monoisotopic (exact) mass is 469 g/mol. The van der Waals surface area contributed by atoms with Crippen molar-refractivity contribution in [3.63, 3.8) is 0 Å². The minimum atomic E-state index is 0. The van der Waals surface area contributed by atoms with Gasteiger partial charge in [-0.3, -0.25) is 19.5 Å². The molecule has 0 unspecified atom stereocenters. The van der Waals surface area contributed by atoms with E-state index in [9.17, 15) is 4.79 Å². The van der Waals surface area contributed by atoms with Gasteiger partial charge < -0.3 is 15.1 Å². The molecule has 0 aliphatic carbocycles. The molecule has 0 atom stereocenters. The van der Waals surface area contributed by atoms with Crippen LogP contribution in [0.2, 0.25) is 0 Å². The lowest BCUT2D eigenvalue weighted by Gasteiger charge is -2.35. The van der Waals surface area contributed by atoms with E-state index in [0.717, 1.165) is 22.9 Å². The van der Waals surface area contributed by atoms with Crippen LogP contribution >= 0.6 is 24.0 Å². The Bertz CT molecular complexity index is 772. The van der Waals surface area contributed by atoms with Crippen LogP contribution in [0.1, 0.15) is 11.3 Å². The highest BCUT2D eigenvalue weighted by molar-refractivity contribution is 14.0. The summed E-state index contributed by atoms with van der Waals surface area (Å²) in [6.45, 7) is 4.20. The van der Waals surface area contributed by atoms with Crippen molar-refractivity contribution in [2.45, 2.75) is 13.5 Å². The molecule has 1 aliphatic rings. The van der Waals surface area contributed by atoms with Crippen molar-refractivity contribution in [1.29, 1.82) is 0 Å². The lowest BCUT2D eigenvalue weighted by atomic mass is 10.2. The van der Waals surface area contributed by atoms with Crippen LogP contribution in [-0.2, 0) is 18.4 Å². The van der Waals surface area contributed by atoms with Gasteiger partial charge in [-0.05, 0) is 18.6 Å². The molecule has 9 heteroatoms. The molecular formula is C17H24IN7O. The molecule has 140 valence electrons. The van der Waals surface area contributed by atoms with E-state index in [-0.39, 0.29) is 29.9 Å². The predicted molar refractivity (Wildman–Crippen MR) is 112 cm³/mol. The van der Waals surface area contributed by atoms with Crippen molar-refractivity contribution < 1.29 is 4.79 Å². The van der Waals surface area contributed by atoms with Crippen molar-refractivity contribution in [1.82, 2.24) is 25.0 Å². The van der Waals surface area contributed by atoms with E-state index < -0.39 is 0 Å². The molecule has 3 rings (SSSR count). The average molecular weight is 469 g/mol. The van der Waals surface area contributed by atoms with Gasteiger partial charge in [-0.2, -0.15) is 5.10 Å². The number of hydrogen-bond acceptors (Lipinski definition) is 4. The molecule has 8 nitrogen and oxygen atoms in total. The Balaban J connectivity index is 0.00000243. The quantitative estimate of drug-likeness (QED) is 0.415. The minimum absolute atomic E-state index is 0. The number of rotatable bonds is 3. The number of piperazine rings is 1. The number of nitrogens with zero attached hydrogens (tertiary/aromatic N) is 6. The molecule has 2 aromatic rings. The standard InChI is InChI=1S/C17H23N7O.HI/c1-13-4-5-14(8-19-13)9-20-17(18-2)23-6-7-24(16(25)12-23)15-10-21-22(3)11-15;/h4-5,8,10-11H,6-7,9,12H2,1-3H3,(H,18,20);1H. The Kier molecular flexibility index (Phi) is 6.95. The molecule has 0 aromatic carbocycles. The van der Waals surface area contributed by atoms with Crippen LogP contribution in [0.5, 0.6) is 0 Å². The Hall–Kier alpha value is -2.17. The van der Waals surface area contributed by atoms with Crippen LogP contribution < -0.4 is 10.2 Å². The summed E-state index contributed by atoms with van der Waals surface area (Å²) < 4.78 is 1.70. The molecule has 1 amide bonds. The first-order chi connectivity index (χ1) is 12.1. The minimum Gasteiger partial charge on any atom is -0.352 e. The van der Waals surface area contributed by atoms with Crippen LogP contribution in [0.25, 0.3) is 0 Å². The second-order valence-corrected chi connectivity index (χ2v) is 6.05. The van der Waals surface area contributed by atoms with Gasteiger partial charge in [-0.25, -0.2) is 0 Å². The molecule has 0 radical (unpaired) electrons. The highest BCUT2D eigenvalue weighted by Crippen LogP contribution is 2.16. The number of nitrogens with one attached hydrogen (secondary N) is 1. The summed E-state index contributed by atoms with van der Waals surface area (Å²) in [7, 11) is 3.57. The third-order valence-electron chi connectivity index (χ3n) is 4.16. The summed E-state index contributed by atoms with van der Waals surface area (Å²) >= 11 is 0. The van der Waals surface area contributed by atoms with E-state index in [4.69, 9.17) is 0 Å². The van der Waals surface area contributed by atoms with Gasteiger partial charge in [0, 0.05) is 51.8 Å². The number of halogens is 1. The van der Waals surface area contributed by atoms with Crippen molar-refractivity contribution in [3.8, 4) is 0 Å². The van der Waals surface area contributed by atoms with Gasteiger partial charge in [0.2, 0.25) is 5.91 Å². The lowest BCUT2D eigenvalue weighted by Crippen LogP contribution is -2.55. The maximum Gasteiger partial charge on any atom is 0.246 e. The van der Waals surface area contributed by atoms with Gasteiger partial charge in [0.1, 0.15) is 6.54 Å². The Morgan fingerprint density at radius 2 is 2.12 bits per heavy atom. The fourth-order valence-electron chi connectivity index (χ4n) is 2.79. The van der Waals surface area contributed by atoms with E-state index in [2.05, 4.69) is 20.4 Å². The predicted octanol–water partition coefficient (Wildman–Crippen LogP) is 1.17. The summed E-state index contributed by atoms with van der Waals surface area (Å²) in [4.78, 5) is 24.8. The number of amides is 1.